The molecule has 0 aliphatic rings. The summed E-state index contributed by atoms with van der Waals surface area (Å²) in [5.74, 6) is 0. The molecule has 3 heteroatoms. The fourth-order valence-electron chi connectivity index (χ4n) is 2.24. The maximum atomic E-state index is 4.56. The molecule has 18 heavy (non-hydrogen) atoms. The van der Waals surface area contributed by atoms with Crippen LogP contribution in [0.1, 0.15) is 32.3 Å². The number of thiazole rings is 1. The SMILES string of the molecule is Cc1cc(C)c(NCc2nc(C)c(C)s2)c(C)c1. The van der Waals surface area contributed by atoms with Crippen molar-refractivity contribution in [3.05, 3.63) is 44.4 Å². The molecule has 96 valence electrons. The number of aromatic nitrogens is 1. The second-order valence-corrected chi connectivity index (χ2v) is 6.16. The summed E-state index contributed by atoms with van der Waals surface area (Å²) in [6.07, 6.45) is 0. The third-order valence-corrected chi connectivity index (χ3v) is 4.24. The zero-order valence-corrected chi connectivity index (χ0v) is 12.5. The van der Waals surface area contributed by atoms with Crippen molar-refractivity contribution in [3.63, 3.8) is 0 Å². The average molecular weight is 260 g/mol. The van der Waals surface area contributed by atoms with Crippen molar-refractivity contribution < 1.29 is 0 Å². The van der Waals surface area contributed by atoms with E-state index in [1.54, 1.807) is 11.3 Å². The first-order chi connectivity index (χ1) is 8.47. The van der Waals surface area contributed by atoms with Crippen molar-refractivity contribution in [3.8, 4) is 0 Å². The Morgan fingerprint density at radius 2 is 1.67 bits per heavy atom. The highest BCUT2D eigenvalue weighted by Gasteiger charge is 2.06. The topological polar surface area (TPSA) is 24.9 Å². The summed E-state index contributed by atoms with van der Waals surface area (Å²) in [5.41, 5.74) is 6.31. The number of benzene rings is 1. The van der Waals surface area contributed by atoms with Crippen LogP contribution in [0.3, 0.4) is 0 Å². The first kappa shape index (κ1) is 13.1. The van der Waals surface area contributed by atoms with Gasteiger partial charge in [-0.25, -0.2) is 4.98 Å². The number of nitrogens with one attached hydrogen (secondary N) is 1. The molecule has 0 atom stereocenters. The van der Waals surface area contributed by atoms with Gasteiger partial charge in [-0.15, -0.1) is 11.3 Å². The quantitative estimate of drug-likeness (QED) is 0.890. The predicted octanol–water partition coefficient (Wildman–Crippen LogP) is 4.30. The van der Waals surface area contributed by atoms with Crippen molar-refractivity contribution in [2.45, 2.75) is 41.2 Å². The Morgan fingerprint density at radius 1 is 1.06 bits per heavy atom. The smallest absolute Gasteiger partial charge is 0.112 e. The van der Waals surface area contributed by atoms with E-state index in [0.717, 1.165) is 17.2 Å². The van der Waals surface area contributed by atoms with Crippen molar-refractivity contribution >= 4 is 17.0 Å². The van der Waals surface area contributed by atoms with Crippen LogP contribution in [-0.4, -0.2) is 4.98 Å². The number of hydrogen-bond donors (Lipinski definition) is 1. The summed E-state index contributed by atoms with van der Waals surface area (Å²) in [5, 5.41) is 4.67. The Hall–Kier alpha value is -1.35. The van der Waals surface area contributed by atoms with Gasteiger partial charge < -0.3 is 5.32 Å². The third kappa shape index (κ3) is 2.72. The molecule has 1 N–H and O–H groups in total. The average Bonchev–Trinajstić information content (AvgIpc) is 2.56. The maximum Gasteiger partial charge on any atom is 0.112 e. The molecular weight excluding hydrogens is 240 g/mol. The molecule has 0 radical (unpaired) electrons. The van der Waals surface area contributed by atoms with Crippen LogP contribution in [-0.2, 0) is 6.54 Å². The highest BCUT2D eigenvalue weighted by molar-refractivity contribution is 7.11. The summed E-state index contributed by atoms with van der Waals surface area (Å²) in [7, 11) is 0. The van der Waals surface area contributed by atoms with Crippen molar-refractivity contribution in [2.75, 3.05) is 5.32 Å². The number of nitrogens with zero attached hydrogens (tertiary/aromatic N) is 1. The standard InChI is InChI=1S/C15H20N2S/c1-9-6-10(2)15(11(3)7-9)16-8-14-17-12(4)13(5)18-14/h6-7,16H,8H2,1-5H3. The predicted molar refractivity (Wildman–Crippen MR) is 79.6 cm³/mol. The monoisotopic (exact) mass is 260 g/mol. The van der Waals surface area contributed by atoms with Crippen molar-refractivity contribution in [1.82, 2.24) is 4.98 Å². The van der Waals surface area contributed by atoms with Crippen LogP contribution in [0.25, 0.3) is 0 Å². The molecule has 0 fully saturated rings. The molecule has 0 bridgehead atoms. The van der Waals surface area contributed by atoms with E-state index in [1.807, 2.05) is 0 Å². The Bertz CT molecular complexity index is 527. The van der Waals surface area contributed by atoms with Gasteiger partial charge in [-0.3, -0.25) is 0 Å². The van der Waals surface area contributed by atoms with E-state index < -0.39 is 0 Å². The van der Waals surface area contributed by atoms with Crippen LogP contribution in [0.5, 0.6) is 0 Å². The summed E-state index contributed by atoms with van der Waals surface area (Å²) in [6.45, 7) is 11.4. The zero-order valence-electron chi connectivity index (χ0n) is 11.7. The van der Waals surface area contributed by atoms with Gasteiger partial charge in [-0.2, -0.15) is 0 Å². The third-order valence-electron chi connectivity index (χ3n) is 3.17. The van der Waals surface area contributed by atoms with E-state index in [9.17, 15) is 0 Å². The minimum atomic E-state index is 0.810. The number of aryl methyl sites for hydroxylation is 5. The Kier molecular flexibility index (Phi) is 3.71. The molecule has 1 aromatic carbocycles. The Morgan fingerprint density at radius 3 is 2.17 bits per heavy atom. The van der Waals surface area contributed by atoms with Gasteiger partial charge in [-0.1, -0.05) is 17.7 Å². The molecule has 2 nitrogen and oxygen atoms in total. The fourth-order valence-corrected chi connectivity index (χ4v) is 3.11. The molecule has 0 saturated heterocycles. The Balaban J connectivity index is 2.15. The van der Waals surface area contributed by atoms with Gasteiger partial charge in [0.05, 0.1) is 12.2 Å². The number of rotatable bonds is 3. The minimum Gasteiger partial charge on any atom is -0.378 e. The number of hydrogen-bond acceptors (Lipinski definition) is 3. The highest BCUT2D eigenvalue weighted by atomic mass is 32.1. The van der Waals surface area contributed by atoms with Crippen LogP contribution in [0.4, 0.5) is 5.69 Å². The van der Waals surface area contributed by atoms with Crippen molar-refractivity contribution in [1.29, 1.82) is 0 Å². The molecule has 0 saturated carbocycles. The second-order valence-electron chi connectivity index (χ2n) is 4.88. The van der Waals surface area contributed by atoms with Gasteiger partial charge in [0.15, 0.2) is 0 Å². The van der Waals surface area contributed by atoms with Gasteiger partial charge in [0.2, 0.25) is 0 Å². The van der Waals surface area contributed by atoms with Gasteiger partial charge in [-0.05, 0) is 45.7 Å². The van der Waals surface area contributed by atoms with Gasteiger partial charge in [0, 0.05) is 10.6 Å². The summed E-state index contributed by atoms with van der Waals surface area (Å²) in [4.78, 5) is 5.87. The van der Waals surface area contributed by atoms with Crippen LogP contribution >= 0.6 is 11.3 Å². The van der Waals surface area contributed by atoms with E-state index in [1.165, 1.54) is 27.3 Å². The molecule has 0 aliphatic carbocycles. The molecule has 2 rings (SSSR count). The van der Waals surface area contributed by atoms with E-state index in [2.05, 4.69) is 57.1 Å². The second kappa shape index (κ2) is 5.11. The maximum absolute atomic E-state index is 4.56. The molecular formula is C15H20N2S. The Labute approximate surface area is 113 Å². The van der Waals surface area contributed by atoms with E-state index in [-0.39, 0.29) is 0 Å². The zero-order chi connectivity index (χ0) is 13.3. The van der Waals surface area contributed by atoms with Crippen LogP contribution in [0.2, 0.25) is 0 Å². The summed E-state index contributed by atoms with van der Waals surface area (Å²) >= 11 is 1.77. The molecule has 1 aromatic heterocycles. The lowest BCUT2D eigenvalue weighted by Gasteiger charge is -2.12. The van der Waals surface area contributed by atoms with E-state index >= 15 is 0 Å². The van der Waals surface area contributed by atoms with Crippen LogP contribution in [0, 0.1) is 34.6 Å². The molecule has 0 unspecified atom stereocenters. The fraction of sp³-hybridized carbons (Fsp3) is 0.400. The van der Waals surface area contributed by atoms with Gasteiger partial charge >= 0.3 is 0 Å². The molecule has 0 spiro atoms. The summed E-state index contributed by atoms with van der Waals surface area (Å²) < 4.78 is 0. The van der Waals surface area contributed by atoms with E-state index in [4.69, 9.17) is 0 Å². The lowest BCUT2D eigenvalue weighted by atomic mass is 10.1. The van der Waals surface area contributed by atoms with Crippen LogP contribution < -0.4 is 5.32 Å². The normalized spacial score (nSPS) is 10.7. The van der Waals surface area contributed by atoms with E-state index in [0.29, 0.717) is 0 Å². The molecule has 0 amide bonds. The molecule has 2 aromatic rings. The van der Waals surface area contributed by atoms with Gasteiger partial charge in [0.25, 0.3) is 0 Å². The minimum absolute atomic E-state index is 0.810. The first-order valence-electron chi connectivity index (χ1n) is 6.22. The van der Waals surface area contributed by atoms with Gasteiger partial charge in [0.1, 0.15) is 5.01 Å². The van der Waals surface area contributed by atoms with Crippen LogP contribution in [0.15, 0.2) is 12.1 Å². The van der Waals surface area contributed by atoms with Crippen molar-refractivity contribution in [2.24, 2.45) is 0 Å². The lowest BCUT2D eigenvalue weighted by molar-refractivity contribution is 1.06. The largest absolute Gasteiger partial charge is 0.378 e. The molecule has 0 aliphatic heterocycles. The lowest BCUT2D eigenvalue weighted by Crippen LogP contribution is -2.03. The summed E-state index contributed by atoms with van der Waals surface area (Å²) in [6, 6.07) is 4.43. The highest BCUT2D eigenvalue weighted by Crippen LogP contribution is 2.24. The first-order valence-corrected chi connectivity index (χ1v) is 7.03. The molecule has 1 heterocycles. The number of anilines is 1.